The molecule has 0 radical (unpaired) electrons. The van der Waals surface area contributed by atoms with Crippen molar-refractivity contribution in [2.75, 3.05) is 30.8 Å². The van der Waals surface area contributed by atoms with Gasteiger partial charge in [0, 0.05) is 13.0 Å². The lowest BCUT2D eigenvalue weighted by molar-refractivity contribution is -0.121. The first-order valence-electron chi connectivity index (χ1n) is 10.8. The van der Waals surface area contributed by atoms with Gasteiger partial charge in [0.2, 0.25) is 15.9 Å². The standard InChI is InChI=1S/C24H34N2O5S/c1-6-22(19-10-15-23(30-4)18(3)17-19)25-24(27)9-8-16-26(32(5,28)29)20-11-13-21(14-12-20)31-7-2/h10-15,17,22H,6-9,16H2,1-5H3,(H,25,27). The Morgan fingerprint density at radius 3 is 2.34 bits per heavy atom. The van der Waals surface area contributed by atoms with Crippen LogP contribution in [-0.2, 0) is 14.8 Å². The van der Waals surface area contributed by atoms with E-state index in [4.69, 9.17) is 9.47 Å². The van der Waals surface area contributed by atoms with Crippen molar-refractivity contribution >= 4 is 21.6 Å². The molecular formula is C24H34N2O5S. The van der Waals surface area contributed by atoms with Crippen LogP contribution in [-0.4, -0.2) is 40.8 Å². The average molecular weight is 463 g/mol. The Kier molecular flexibility index (Phi) is 9.38. The summed E-state index contributed by atoms with van der Waals surface area (Å²) in [7, 11) is -1.84. The number of hydrogen-bond donors (Lipinski definition) is 1. The van der Waals surface area contributed by atoms with Crippen molar-refractivity contribution in [3.63, 3.8) is 0 Å². The summed E-state index contributed by atoms with van der Waals surface area (Å²) in [5.74, 6) is 1.39. The van der Waals surface area contributed by atoms with Gasteiger partial charge in [0.05, 0.1) is 31.7 Å². The Balaban J connectivity index is 1.98. The van der Waals surface area contributed by atoms with Crippen molar-refractivity contribution in [2.45, 2.75) is 46.1 Å². The maximum atomic E-state index is 12.6. The molecule has 1 unspecified atom stereocenters. The Bertz CT molecular complexity index is 990. The number of carbonyl (C=O) groups is 1. The highest BCUT2D eigenvalue weighted by Crippen LogP contribution is 2.25. The van der Waals surface area contributed by atoms with E-state index in [1.807, 2.05) is 39.0 Å². The minimum atomic E-state index is -3.47. The number of nitrogens with zero attached hydrogens (tertiary/aromatic N) is 1. The summed E-state index contributed by atoms with van der Waals surface area (Å²) < 4.78 is 36.6. The van der Waals surface area contributed by atoms with Gasteiger partial charge in [-0.3, -0.25) is 9.10 Å². The molecule has 0 heterocycles. The number of methoxy groups -OCH3 is 1. The molecule has 0 aliphatic heterocycles. The number of carbonyl (C=O) groups excluding carboxylic acids is 1. The van der Waals surface area contributed by atoms with Gasteiger partial charge in [0.15, 0.2) is 0 Å². The lowest BCUT2D eigenvalue weighted by Crippen LogP contribution is -2.33. The molecule has 1 N–H and O–H groups in total. The van der Waals surface area contributed by atoms with E-state index >= 15 is 0 Å². The number of benzene rings is 2. The van der Waals surface area contributed by atoms with Crippen LogP contribution in [0.5, 0.6) is 11.5 Å². The van der Waals surface area contributed by atoms with Crippen molar-refractivity contribution in [1.29, 1.82) is 0 Å². The van der Waals surface area contributed by atoms with E-state index in [9.17, 15) is 13.2 Å². The topological polar surface area (TPSA) is 84.9 Å². The van der Waals surface area contributed by atoms with Gasteiger partial charge < -0.3 is 14.8 Å². The maximum absolute atomic E-state index is 12.6. The molecule has 8 heteroatoms. The zero-order chi connectivity index (χ0) is 23.7. The van der Waals surface area contributed by atoms with Crippen LogP contribution in [0.2, 0.25) is 0 Å². The monoisotopic (exact) mass is 462 g/mol. The number of amides is 1. The van der Waals surface area contributed by atoms with Crippen LogP contribution < -0.4 is 19.1 Å². The van der Waals surface area contributed by atoms with Crippen molar-refractivity contribution in [3.05, 3.63) is 53.6 Å². The lowest BCUT2D eigenvalue weighted by Gasteiger charge is -2.23. The predicted octanol–water partition coefficient (Wildman–Crippen LogP) is 4.22. The fourth-order valence-electron chi connectivity index (χ4n) is 3.55. The highest BCUT2D eigenvalue weighted by molar-refractivity contribution is 7.92. The molecule has 176 valence electrons. The largest absolute Gasteiger partial charge is 0.496 e. The van der Waals surface area contributed by atoms with Crippen LogP contribution in [0.1, 0.15) is 50.3 Å². The summed E-state index contributed by atoms with van der Waals surface area (Å²) >= 11 is 0. The van der Waals surface area contributed by atoms with Gasteiger partial charge in [-0.2, -0.15) is 0 Å². The van der Waals surface area contributed by atoms with Gasteiger partial charge in [0.25, 0.3) is 0 Å². The van der Waals surface area contributed by atoms with Crippen LogP contribution in [0.3, 0.4) is 0 Å². The molecule has 2 aromatic carbocycles. The van der Waals surface area contributed by atoms with E-state index in [-0.39, 0.29) is 24.9 Å². The van der Waals surface area contributed by atoms with E-state index < -0.39 is 10.0 Å². The second-order valence-electron chi connectivity index (χ2n) is 7.62. The van der Waals surface area contributed by atoms with Crippen LogP contribution in [0, 0.1) is 6.92 Å². The first-order valence-corrected chi connectivity index (χ1v) is 12.7. The van der Waals surface area contributed by atoms with Crippen LogP contribution in [0.15, 0.2) is 42.5 Å². The SMILES string of the molecule is CCOc1ccc(N(CCCC(=O)NC(CC)c2ccc(OC)c(C)c2)S(C)(=O)=O)cc1. The molecule has 2 rings (SSSR count). The van der Waals surface area contributed by atoms with Gasteiger partial charge in [-0.1, -0.05) is 19.1 Å². The molecule has 0 spiro atoms. The molecule has 0 aliphatic carbocycles. The minimum absolute atomic E-state index is 0.106. The minimum Gasteiger partial charge on any atom is -0.496 e. The van der Waals surface area contributed by atoms with E-state index in [0.717, 1.165) is 23.3 Å². The molecule has 1 amide bonds. The summed E-state index contributed by atoms with van der Waals surface area (Å²) in [4.78, 5) is 12.6. The summed E-state index contributed by atoms with van der Waals surface area (Å²) in [6.07, 6.45) is 2.56. The Morgan fingerprint density at radius 1 is 1.12 bits per heavy atom. The van der Waals surface area contributed by atoms with E-state index in [1.54, 1.807) is 31.4 Å². The number of nitrogens with one attached hydrogen (secondary N) is 1. The Morgan fingerprint density at radius 2 is 1.81 bits per heavy atom. The van der Waals surface area contributed by atoms with Gasteiger partial charge in [-0.15, -0.1) is 0 Å². The Labute approximate surface area is 191 Å². The molecule has 2 aromatic rings. The second kappa shape index (κ2) is 11.8. The first-order chi connectivity index (χ1) is 15.2. The molecule has 7 nitrogen and oxygen atoms in total. The molecule has 0 fully saturated rings. The molecular weight excluding hydrogens is 428 g/mol. The van der Waals surface area contributed by atoms with Crippen molar-refractivity contribution in [3.8, 4) is 11.5 Å². The summed E-state index contributed by atoms with van der Waals surface area (Å²) in [5, 5.41) is 3.06. The molecule has 0 saturated carbocycles. The van der Waals surface area contributed by atoms with Gasteiger partial charge >= 0.3 is 0 Å². The van der Waals surface area contributed by atoms with Crippen LogP contribution in [0.4, 0.5) is 5.69 Å². The molecule has 0 saturated heterocycles. The molecule has 0 aromatic heterocycles. The van der Waals surface area contributed by atoms with E-state index in [1.165, 1.54) is 10.6 Å². The average Bonchev–Trinajstić information content (AvgIpc) is 2.75. The van der Waals surface area contributed by atoms with Gasteiger partial charge in [0.1, 0.15) is 11.5 Å². The number of sulfonamides is 1. The Hall–Kier alpha value is -2.74. The smallest absolute Gasteiger partial charge is 0.232 e. The second-order valence-corrected chi connectivity index (χ2v) is 9.53. The number of hydrogen-bond acceptors (Lipinski definition) is 5. The molecule has 0 bridgehead atoms. The fraction of sp³-hybridized carbons (Fsp3) is 0.458. The summed E-state index contributed by atoms with van der Waals surface area (Å²) in [5.41, 5.74) is 2.58. The van der Waals surface area contributed by atoms with Gasteiger partial charge in [-0.05, 0) is 68.1 Å². The number of anilines is 1. The predicted molar refractivity (Wildman–Crippen MR) is 128 cm³/mol. The number of ether oxygens (including phenoxy) is 2. The molecule has 0 aliphatic rings. The van der Waals surface area contributed by atoms with Gasteiger partial charge in [-0.25, -0.2) is 8.42 Å². The third kappa shape index (κ3) is 7.15. The normalized spacial score (nSPS) is 12.2. The van der Waals surface area contributed by atoms with Crippen LogP contribution >= 0.6 is 0 Å². The number of aryl methyl sites for hydroxylation is 1. The zero-order valence-electron chi connectivity index (χ0n) is 19.6. The third-order valence-corrected chi connectivity index (χ3v) is 6.36. The molecule has 32 heavy (non-hydrogen) atoms. The molecule has 1 atom stereocenters. The van der Waals surface area contributed by atoms with E-state index in [0.29, 0.717) is 24.5 Å². The number of rotatable bonds is 12. The summed E-state index contributed by atoms with van der Waals surface area (Å²) in [6.45, 7) is 6.64. The highest BCUT2D eigenvalue weighted by atomic mass is 32.2. The first kappa shape index (κ1) is 25.5. The fourth-order valence-corrected chi connectivity index (χ4v) is 4.52. The van der Waals surface area contributed by atoms with Crippen molar-refractivity contribution in [1.82, 2.24) is 5.32 Å². The lowest BCUT2D eigenvalue weighted by atomic mass is 10.0. The maximum Gasteiger partial charge on any atom is 0.232 e. The van der Waals surface area contributed by atoms with E-state index in [2.05, 4.69) is 5.32 Å². The quantitative estimate of drug-likeness (QED) is 0.511. The highest BCUT2D eigenvalue weighted by Gasteiger charge is 2.19. The van der Waals surface area contributed by atoms with Crippen LogP contribution in [0.25, 0.3) is 0 Å². The zero-order valence-corrected chi connectivity index (χ0v) is 20.4. The summed E-state index contributed by atoms with van der Waals surface area (Å²) in [6, 6.07) is 12.7. The third-order valence-electron chi connectivity index (χ3n) is 5.17. The van der Waals surface area contributed by atoms with Crippen molar-refractivity contribution < 1.29 is 22.7 Å². The van der Waals surface area contributed by atoms with Crippen molar-refractivity contribution in [2.24, 2.45) is 0 Å².